The fraction of sp³-hybridized carbons (Fsp3) is 0.273. The zero-order valence-electron chi connectivity index (χ0n) is 7.46. The van der Waals surface area contributed by atoms with E-state index >= 15 is 0 Å². The van der Waals surface area contributed by atoms with Gasteiger partial charge in [0.05, 0.1) is 0 Å². The normalized spacial score (nSPS) is 18.8. The van der Waals surface area contributed by atoms with Crippen LogP contribution in [0.2, 0.25) is 0 Å². The van der Waals surface area contributed by atoms with Crippen LogP contribution in [0.5, 0.6) is 0 Å². The Morgan fingerprint density at radius 2 is 2.17 bits per heavy atom. The highest BCUT2D eigenvalue weighted by Gasteiger charge is 2.10. The van der Waals surface area contributed by atoms with E-state index in [1.807, 2.05) is 6.20 Å². The molecule has 0 saturated carbocycles. The molecule has 0 atom stereocenters. The third-order valence-corrected chi connectivity index (χ3v) is 2.13. The van der Waals surface area contributed by atoms with E-state index in [0.717, 1.165) is 0 Å². The van der Waals surface area contributed by atoms with E-state index in [2.05, 4.69) is 49.2 Å². The second kappa shape index (κ2) is 2.37. The van der Waals surface area contributed by atoms with Gasteiger partial charge in [-0.25, -0.2) is 0 Å². The molecule has 1 heterocycles. The molecule has 0 unspecified atom stereocenters. The van der Waals surface area contributed by atoms with Crippen molar-refractivity contribution in [3.05, 3.63) is 35.0 Å². The summed E-state index contributed by atoms with van der Waals surface area (Å²) >= 11 is 0. The van der Waals surface area contributed by atoms with Crippen LogP contribution in [0.1, 0.15) is 13.8 Å². The highest BCUT2D eigenvalue weighted by molar-refractivity contribution is 5.46. The lowest BCUT2D eigenvalue weighted by molar-refractivity contribution is 0.669. The Labute approximate surface area is 72.1 Å². The van der Waals surface area contributed by atoms with Crippen LogP contribution in [0.3, 0.4) is 0 Å². The number of fused-ring (bicyclic) bond motifs is 1. The smallest absolute Gasteiger partial charge is 0.0421 e. The molecule has 0 spiro atoms. The van der Waals surface area contributed by atoms with Crippen molar-refractivity contribution in [2.75, 3.05) is 0 Å². The average Bonchev–Trinajstić information content (AvgIpc) is 2.31. The number of aromatic nitrogens is 1. The molecular formula is C11H13N. The molecule has 0 saturated heterocycles. The molecule has 0 bridgehead atoms. The van der Waals surface area contributed by atoms with Crippen LogP contribution in [0, 0.1) is 5.41 Å². The lowest BCUT2D eigenvalue weighted by Crippen LogP contribution is -2.23. The molecule has 0 radical (unpaired) electrons. The minimum Gasteiger partial charge on any atom is -0.361 e. The SMILES string of the molecule is CC1(C)C=CC=c2cc[nH]c2=C1. The first-order valence-corrected chi connectivity index (χ1v) is 4.23. The number of allylic oxidation sites excluding steroid dienone is 2. The Balaban J connectivity index is 2.75. The molecule has 12 heavy (non-hydrogen) atoms. The van der Waals surface area contributed by atoms with Gasteiger partial charge in [0.15, 0.2) is 0 Å². The molecule has 1 N–H and O–H groups in total. The van der Waals surface area contributed by atoms with E-state index in [1.165, 1.54) is 10.6 Å². The van der Waals surface area contributed by atoms with Gasteiger partial charge in [-0.15, -0.1) is 0 Å². The number of nitrogens with one attached hydrogen (secondary N) is 1. The Hall–Kier alpha value is -1.24. The monoisotopic (exact) mass is 159 g/mol. The van der Waals surface area contributed by atoms with Crippen LogP contribution in [0.15, 0.2) is 24.4 Å². The molecule has 0 fully saturated rings. The van der Waals surface area contributed by atoms with E-state index in [0.29, 0.717) is 0 Å². The number of hydrogen-bond donors (Lipinski definition) is 1. The first-order chi connectivity index (χ1) is 5.67. The molecular weight excluding hydrogens is 146 g/mol. The summed E-state index contributed by atoms with van der Waals surface area (Å²) < 4.78 is 0. The minimum absolute atomic E-state index is 0.159. The number of hydrogen-bond acceptors (Lipinski definition) is 0. The van der Waals surface area contributed by atoms with Crippen LogP contribution >= 0.6 is 0 Å². The van der Waals surface area contributed by atoms with Gasteiger partial charge in [-0.3, -0.25) is 0 Å². The predicted molar refractivity (Wildman–Crippen MR) is 51.9 cm³/mol. The molecule has 1 aromatic rings. The van der Waals surface area contributed by atoms with Crippen LogP contribution in [-0.2, 0) is 0 Å². The summed E-state index contributed by atoms with van der Waals surface area (Å²) in [5.74, 6) is 0. The summed E-state index contributed by atoms with van der Waals surface area (Å²) in [5.41, 5.74) is 0.159. The first-order valence-electron chi connectivity index (χ1n) is 4.23. The third kappa shape index (κ3) is 1.22. The van der Waals surface area contributed by atoms with Gasteiger partial charge in [0, 0.05) is 17.0 Å². The van der Waals surface area contributed by atoms with Crippen molar-refractivity contribution in [1.82, 2.24) is 4.98 Å². The second-order valence-electron chi connectivity index (χ2n) is 3.84. The number of aromatic amines is 1. The lowest BCUT2D eigenvalue weighted by Gasteiger charge is -2.12. The van der Waals surface area contributed by atoms with Gasteiger partial charge < -0.3 is 4.98 Å². The summed E-state index contributed by atoms with van der Waals surface area (Å²) in [6.45, 7) is 4.40. The average molecular weight is 159 g/mol. The Kier molecular flexibility index (Phi) is 1.47. The van der Waals surface area contributed by atoms with Gasteiger partial charge in [-0.1, -0.05) is 38.2 Å². The second-order valence-corrected chi connectivity index (χ2v) is 3.84. The van der Waals surface area contributed by atoms with E-state index in [4.69, 9.17) is 0 Å². The van der Waals surface area contributed by atoms with E-state index in [9.17, 15) is 0 Å². The van der Waals surface area contributed by atoms with Crippen molar-refractivity contribution < 1.29 is 0 Å². The molecule has 1 aromatic heterocycles. The zero-order chi connectivity index (χ0) is 8.60. The minimum atomic E-state index is 0.159. The number of rotatable bonds is 0. The molecule has 0 amide bonds. The Morgan fingerprint density at radius 3 is 3.00 bits per heavy atom. The van der Waals surface area contributed by atoms with Crippen molar-refractivity contribution >= 4 is 12.2 Å². The van der Waals surface area contributed by atoms with E-state index in [-0.39, 0.29) is 5.41 Å². The third-order valence-electron chi connectivity index (χ3n) is 2.13. The highest BCUT2D eigenvalue weighted by atomic mass is 14.6. The largest absolute Gasteiger partial charge is 0.361 e. The molecule has 1 heteroatoms. The van der Waals surface area contributed by atoms with Crippen molar-refractivity contribution in [2.24, 2.45) is 5.41 Å². The van der Waals surface area contributed by atoms with Gasteiger partial charge >= 0.3 is 0 Å². The van der Waals surface area contributed by atoms with Crippen molar-refractivity contribution in [3.63, 3.8) is 0 Å². The van der Waals surface area contributed by atoms with Crippen molar-refractivity contribution in [2.45, 2.75) is 13.8 Å². The highest BCUT2D eigenvalue weighted by Crippen LogP contribution is 2.18. The van der Waals surface area contributed by atoms with Crippen molar-refractivity contribution in [3.8, 4) is 0 Å². The van der Waals surface area contributed by atoms with Gasteiger partial charge in [0.25, 0.3) is 0 Å². The summed E-state index contributed by atoms with van der Waals surface area (Å²) in [7, 11) is 0. The summed E-state index contributed by atoms with van der Waals surface area (Å²) in [6, 6.07) is 2.09. The van der Waals surface area contributed by atoms with Gasteiger partial charge in [-0.05, 0) is 11.3 Å². The molecule has 0 aromatic carbocycles. The fourth-order valence-corrected chi connectivity index (χ4v) is 1.48. The maximum Gasteiger partial charge on any atom is 0.0421 e. The van der Waals surface area contributed by atoms with Crippen LogP contribution in [0.4, 0.5) is 0 Å². The van der Waals surface area contributed by atoms with Crippen LogP contribution in [-0.4, -0.2) is 4.98 Å². The predicted octanol–water partition coefficient (Wildman–Crippen LogP) is 1.17. The van der Waals surface area contributed by atoms with Gasteiger partial charge in [-0.2, -0.15) is 0 Å². The maximum atomic E-state index is 3.23. The standard InChI is InChI=1S/C11H13N/c1-11(2)6-3-4-9-5-7-12-10(9)8-11/h3-8,12H,1-2H3. The molecule has 1 aliphatic carbocycles. The maximum absolute atomic E-state index is 3.23. The summed E-state index contributed by atoms with van der Waals surface area (Å²) in [6.07, 6.45) is 10.7. The summed E-state index contributed by atoms with van der Waals surface area (Å²) in [4.78, 5) is 3.23. The molecule has 1 nitrogen and oxygen atoms in total. The van der Waals surface area contributed by atoms with E-state index < -0.39 is 0 Å². The Morgan fingerprint density at radius 1 is 1.33 bits per heavy atom. The summed E-state index contributed by atoms with van der Waals surface area (Å²) in [5, 5.41) is 2.50. The zero-order valence-corrected chi connectivity index (χ0v) is 7.46. The topological polar surface area (TPSA) is 15.8 Å². The van der Waals surface area contributed by atoms with Crippen LogP contribution in [0.25, 0.3) is 12.2 Å². The van der Waals surface area contributed by atoms with Gasteiger partial charge in [0.2, 0.25) is 0 Å². The molecule has 62 valence electrons. The van der Waals surface area contributed by atoms with Gasteiger partial charge in [0.1, 0.15) is 0 Å². The number of H-pyrrole nitrogens is 1. The molecule has 0 aliphatic heterocycles. The first kappa shape index (κ1) is 7.41. The fourth-order valence-electron chi connectivity index (χ4n) is 1.48. The van der Waals surface area contributed by atoms with Crippen molar-refractivity contribution in [1.29, 1.82) is 0 Å². The lowest BCUT2D eigenvalue weighted by atomic mass is 9.93. The van der Waals surface area contributed by atoms with E-state index in [1.54, 1.807) is 0 Å². The molecule has 1 aliphatic rings. The Bertz CT molecular complexity index is 418. The quantitative estimate of drug-likeness (QED) is 0.585. The molecule has 2 rings (SSSR count). The van der Waals surface area contributed by atoms with Crippen LogP contribution < -0.4 is 10.6 Å².